The fourth-order valence-corrected chi connectivity index (χ4v) is 1.82. The van der Waals surface area contributed by atoms with Crippen LogP contribution in [-0.4, -0.2) is 28.9 Å². The van der Waals surface area contributed by atoms with Gasteiger partial charge in [-0.25, -0.2) is 4.99 Å². The van der Waals surface area contributed by atoms with Crippen molar-refractivity contribution < 1.29 is 14.6 Å². The number of carbonyl (C=O) groups is 1. The summed E-state index contributed by atoms with van der Waals surface area (Å²) in [6.07, 6.45) is 2.24. The van der Waals surface area contributed by atoms with E-state index in [-0.39, 0.29) is 11.2 Å². The monoisotopic (exact) mass is 247 g/mol. The van der Waals surface area contributed by atoms with Crippen molar-refractivity contribution in [2.45, 2.75) is 17.7 Å². The Morgan fingerprint density at radius 2 is 2.62 bits per heavy atom. The van der Waals surface area contributed by atoms with Crippen LogP contribution in [0.4, 0.5) is 0 Å². The molecule has 1 heterocycles. The standard InChI is InChI=1S/C8H10BrNO3/c1-13-8-6(9)2-5(4-10-8)3-7(11)12/h4,6H,2-3H2,1H3,(H,11,12). The number of carboxylic acids is 1. The van der Waals surface area contributed by atoms with E-state index < -0.39 is 5.97 Å². The van der Waals surface area contributed by atoms with Crippen LogP contribution >= 0.6 is 15.9 Å². The Morgan fingerprint density at radius 1 is 1.92 bits per heavy atom. The van der Waals surface area contributed by atoms with E-state index in [0.29, 0.717) is 12.3 Å². The highest BCUT2D eigenvalue weighted by atomic mass is 79.9. The van der Waals surface area contributed by atoms with Gasteiger partial charge in [0.2, 0.25) is 5.90 Å². The Kier molecular flexibility index (Phi) is 3.48. The summed E-state index contributed by atoms with van der Waals surface area (Å²) in [6, 6.07) is 0. The van der Waals surface area contributed by atoms with Crippen molar-refractivity contribution in [2.75, 3.05) is 7.11 Å². The molecule has 1 aliphatic rings. The van der Waals surface area contributed by atoms with Crippen molar-refractivity contribution in [3.8, 4) is 0 Å². The molecule has 1 N–H and O–H groups in total. The van der Waals surface area contributed by atoms with Gasteiger partial charge in [-0.1, -0.05) is 15.9 Å². The number of halogens is 1. The Morgan fingerprint density at radius 3 is 3.08 bits per heavy atom. The number of rotatable bonds is 2. The molecule has 0 spiro atoms. The van der Waals surface area contributed by atoms with E-state index in [2.05, 4.69) is 20.9 Å². The van der Waals surface area contributed by atoms with Crippen LogP contribution in [0.1, 0.15) is 12.8 Å². The first-order chi connectivity index (χ1) is 6.13. The lowest BCUT2D eigenvalue weighted by molar-refractivity contribution is -0.136. The smallest absolute Gasteiger partial charge is 0.307 e. The van der Waals surface area contributed by atoms with Gasteiger partial charge in [0.15, 0.2) is 0 Å². The van der Waals surface area contributed by atoms with Crippen LogP contribution in [0, 0.1) is 0 Å². The van der Waals surface area contributed by atoms with Gasteiger partial charge >= 0.3 is 5.97 Å². The predicted molar refractivity (Wildman–Crippen MR) is 52.1 cm³/mol. The molecule has 0 amide bonds. The average molecular weight is 248 g/mol. The molecule has 5 heteroatoms. The number of methoxy groups -OCH3 is 1. The molecule has 0 aromatic carbocycles. The second kappa shape index (κ2) is 4.41. The molecule has 0 aromatic rings. The lowest BCUT2D eigenvalue weighted by Gasteiger charge is -2.16. The van der Waals surface area contributed by atoms with E-state index in [0.717, 1.165) is 5.57 Å². The lowest BCUT2D eigenvalue weighted by Crippen LogP contribution is -2.20. The molecule has 0 fully saturated rings. The first-order valence-corrected chi connectivity index (χ1v) is 4.70. The summed E-state index contributed by atoms with van der Waals surface area (Å²) in [4.78, 5) is 14.4. The zero-order chi connectivity index (χ0) is 9.84. The molecule has 4 nitrogen and oxygen atoms in total. The number of aliphatic carboxylic acids is 1. The SMILES string of the molecule is COC1=NC=C(CC(=O)O)CC1Br. The average Bonchev–Trinajstić information content (AvgIpc) is 2.03. The fraction of sp³-hybridized carbons (Fsp3) is 0.500. The van der Waals surface area contributed by atoms with E-state index in [9.17, 15) is 4.79 Å². The third-order valence-corrected chi connectivity index (χ3v) is 2.39. The maximum absolute atomic E-state index is 10.4. The largest absolute Gasteiger partial charge is 0.483 e. The Labute approximate surface area is 84.4 Å². The molecule has 0 saturated heterocycles. The minimum Gasteiger partial charge on any atom is -0.483 e. The number of ether oxygens (including phenoxy) is 1. The van der Waals surface area contributed by atoms with Crippen molar-refractivity contribution in [2.24, 2.45) is 4.99 Å². The quantitative estimate of drug-likeness (QED) is 0.754. The van der Waals surface area contributed by atoms with Crippen molar-refractivity contribution >= 4 is 27.8 Å². The van der Waals surface area contributed by atoms with Crippen LogP contribution in [0.3, 0.4) is 0 Å². The van der Waals surface area contributed by atoms with Gasteiger partial charge in [0, 0.05) is 6.20 Å². The molecule has 0 aromatic heterocycles. The molecular weight excluding hydrogens is 238 g/mol. The highest BCUT2D eigenvalue weighted by Crippen LogP contribution is 2.22. The van der Waals surface area contributed by atoms with Gasteiger partial charge in [0.25, 0.3) is 0 Å². The molecule has 1 atom stereocenters. The molecule has 0 bridgehead atoms. The molecule has 13 heavy (non-hydrogen) atoms. The van der Waals surface area contributed by atoms with Gasteiger partial charge in [0.1, 0.15) is 0 Å². The molecule has 1 rings (SSSR count). The van der Waals surface area contributed by atoms with Crippen molar-refractivity contribution in [1.29, 1.82) is 0 Å². The summed E-state index contributed by atoms with van der Waals surface area (Å²) in [6.45, 7) is 0. The number of nitrogens with zero attached hydrogens (tertiary/aromatic N) is 1. The Balaban J connectivity index is 2.66. The summed E-state index contributed by atoms with van der Waals surface area (Å²) in [5, 5.41) is 8.54. The number of aliphatic imine (C=N–C) groups is 1. The zero-order valence-corrected chi connectivity index (χ0v) is 8.74. The van der Waals surface area contributed by atoms with Crippen molar-refractivity contribution in [3.05, 3.63) is 11.8 Å². The van der Waals surface area contributed by atoms with Gasteiger partial charge in [-0.3, -0.25) is 4.79 Å². The summed E-state index contributed by atoms with van der Waals surface area (Å²) in [5.41, 5.74) is 0.801. The Bertz CT molecular complexity index is 273. The fourth-order valence-electron chi connectivity index (χ4n) is 1.10. The van der Waals surface area contributed by atoms with Crippen LogP contribution in [0.15, 0.2) is 16.8 Å². The summed E-state index contributed by atoms with van der Waals surface area (Å²) >= 11 is 3.36. The van der Waals surface area contributed by atoms with Crippen LogP contribution in [0.2, 0.25) is 0 Å². The second-order valence-electron chi connectivity index (χ2n) is 2.70. The number of carboxylic acid groups (broad SMARTS) is 1. The molecule has 1 unspecified atom stereocenters. The number of hydrogen-bond acceptors (Lipinski definition) is 3. The van der Waals surface area contributed by atoms with Gasteiger partial charge in [-0.2, -0.15) is 0 Å². The molecule has 0 saturated carbocycles. The van der Waals surface area contributed by atoms with E-state index in [1.54, 1.807) is 13.3 Å². The maximum atomic E-state index is 10.4. The van der Waals surface area contributed by atoms with E-state index in [1.165, 1.54) is 0 Å². The van der Waals surface area contributed by atoms with E-state index in [1.807, 2.05) is 0 Å². The number of alkyl halides is 1. The highest BCUT2D eigenvalue weighted by Gasteiger charge is 2.19. The van der Waals surface area contributed by atoms with Crippen molar-refractivity contribution in [1.82, 2.24) is 0 Å². The van der Waals surface area contributed by atoms with Gasteiger partial charge in [-0.15, -0.1) is 0 Å². The zero-order valence-electron chi connectivity index (χ0n) is 7.16. The van der Waals surface area contributed by atoms with Gasteiger partial charge in [-0.05, 0) is 12.0 Å². The van der Waals surface area contributed by atoms with Crippen LogP contribution in [0.5, 0.6) is 0 Å². The van der Waals surface area contributed by atoms with Crippen LogP contribution in [-0.2, 0) is 9.53 Å². The van der Waals surface area contributed by atoms with Crippen LogP contribution < -0.4 is 0 Å². The predicted octanol–water partition coefficient (Wildman–Crippen LogP) is 1.56. The summed E-state index contributed by atoms with van der Waals surface area (Å²) in [7, 11) is 1.54. The van der Waals surface area contributed by atoms with Crippen molar-refractivity contribution in [3.63, 3.8) is 0 Å². The first kappa shape index (κ1) is 10.2. The summed E-state index contributed by atoms with van der Waals surface area (Å²) < 4.78 is 4.97. The summed E-state index contributed by atoms with van der Waals surface area (Å²) in [5.74, 6) is -0.240. The molecule has 72 valence electrons. The second-order valence-corrected chi connectivity index (χ2v) is 3.81. The minimum absolute atomic E-state index is 0.00292. The first-order valence-electron chi connectivity index (χ1n) is 3.79. The van der Waals surface area contributed by atoms with Gasteiger partial charge in [0.05, 0.1) is 18.4 Å². The molecule has 0 aliphatic carbocycles. The molecular formula is C8H10BrNO3. The Hall–Kier alpha value is -0.840. The van der Waals surface area contributed by atoms with Crippen LogP contribution in [0.25, 0.3) is 0 Å². The number of hydrogen-bond donors (Lipinski definition) is 1. The minimum atomic E-state index is -0.831. The van der Waals surface area contributed by atoms with E-state index in [4.69, 9.17) is 9.84 Å². The maximum Gasteiger partial charge on any atom is 0.307 e. The molecule has 0 radical (unpaired) electrons. The highest BCUT2D eigenvalue weighted by molar-refractivity contribution is 9.10. The normalized spacial score (nSPS) is 21.8. The van der Waals surface area contributed by atoms with Gasteiger partial charge < -0.3 is 9.84 Å². The topological polar surface area (TPSA) is 58.9 Å². The lowest BCUT2D eigenvalue weighted by atomic mass is 10.1. The third kappa shape index (κ3) is 2.84. The van der Waals surface area contributed by atoms with E-state index >= 15 is 0 Å². The third-order valence-electron chi connectivity index (χ3n) is 1.67. The molecule has 1 aliphatic heterocycles.